The first kappa shape index (κ1) is 19.8. The van der Waals surface area contributed by atoms with E-state index in [2.05, 4.69) is 46.0 Å². The summed E-state index contributed by atoms with van der Waals surface area (Å²) < 4.78 is 0. The van der Waals surface area contributed by atoms with Gasteiger partial charge < -0.3 is 10.2 Å². The molecule has 2 heterocycles. The molecule has 2 aromatic rings. The molecule has 29 heavy (non-hydrogen) atoms. The molecule has 0 radical (unpaired) electrons. The minimum atomic E-state index is -0.390. The van der Waals surface area contributed by atoms with Crippen molar-refractivity contribution < 1.29 is 4.79 Å². The van der Waals surface area contributed by atoms with Gasteiger partial charge in [0.2, 0.25) is 5.91 Å². The summed E-state index contributed by atoms with van der Waals surface area (Å²) in [5.74, 6) is 1.01. The number of carbonyl (C=O) groups is 1. The number of hydrogen-bond donors (Lipinski definition) is 1. The Hall–Kier alpha value is -2.46. The van der Waals surface area contributed by atoms with Crippen molar-refractivity contribution >= 4 is 5.91 Å². The first-order chi connectivity index (χ1) is 14.2. The van der Waals surface area contributed by atoms with Gasteiger partial charge in [0, 0.05) is 32.0 Å². The maximum absolute atomic E-state index is 13.4. The number of carbonyl (C=O) groups excluding carboxylic acids is 1. The number of benzene rings is 1. The molecular formula is C25H31N3O. The first-order valence-corrected chi connectivity index (χ1v) is 10.8. The topological polar surface area (TPSA) is 45.2 Å². The Balaban J connectivity index is 1.64. The van der Waals surface area contributed by atoms with E-state index in [4.69, 9.17) is 0 Å². The van der Waals surface area contributed by atoms with Crippen molar-refractivity contribution in [2.24, 2.45) is 11.3 Å². The van der Waals surface area contributed by atoms with Gasteiger partial charge in [0.1, 0.15) is 0 Å². The Morgan fingerprint density at radius 2 is 2.03 bits per heavy atom. The molecule has 4 rings (SSSR count). The van der Waals surface area contributed by atoms with Crippen LogP contribution >= 0.6 is 0 Å². The number of rotatable bonds is 8. The fourth-order valence-corrected chi connectivity index (χ4v) is 4.66. The number of amides is 1. The lowest BCUT2D eigenvalue weighted by Crippen LogP contribution is -2.53. The predicted octanol–water partition coefficient (Wildman–Crippen LogP) is 4.09. The predicted molar refractivity (Wildman–Crippen MR) is 117 cm³/mol. The lowest BCUT2D eigenvalue weighted by Gasteiger charge is -2.42. The molecule has 0 spiro atoms. The number of aromatic nitrogens is 1. The van der Waals surface area contributed by atoms with Crippen LogP contribution in [0.25, 0.3) is 11.1 Å². The van der Waals surface area contributed by atoms with Crippen molar-refractivity contribution in [3.8, 4) is 11.1 Å². The van der Waals surface area contributed by atoms with Gasteiger partial charge in [-0.25, -0.2) is 0 Å². The van der Waals surface area contributed by atoms with E-state index in [0.717, 1.165) is 50.4 Å². The molecular weight excluding hydrogens is 358 g/mol. The quantitative estimate of drug-likeness (QED) is 0.692. The molecule has 152 valence electrons. The van der Waals surface area contributed by atoms with Gasteiger partial charge >= 0.3 is 0 Å². The second-order valence-electron chi connectivity index (χ2n) is 8.63. The van der Waals surface area contributed by atoms with Gasteiger partial charge in [0.25, 0.3) is 0 Å². The fourth-order valence-electron chi connectivity index (χ4n) is 4.66. The molecule has 4 heteroatoms. The molecule has 1 saturated heterocycles. The number of pyridine rings is 1. The largest absolute Gasteiger partial charge is 0.352 e. The second-order valence-corrected chi connectivity index (χ2v) is 8.63. The molecule has 1 aromatic heterocycles. The average molecular weight is 390 g/mol. The minimum Gasteiger partial charge on any atom is -0.352 e. The van der Waals surface area contributed by atoms with Crippen LogP contribution in [0.15, 0.2) is 61.4 Å². The van der Waals surface area contributed by atoms with E-state index in [1.807, 2.05) is 24.5 Å². The van der Waals surface area contributed by atoms with Gasteiger partial charge in [-0.15, -0.1) is 6.58 Å². The number of nitrogens with zero attached hydrogens (tertiary/aromatic N) is 2. The molecule has 1 aliphatic carbocycles. The van der Waals surface area contributed by atoms with Crippen LogP contribution in [-0.2, 0) is 11.2 Å². The zero-order valence-electron chi connectivity index (χ0n) is 17.1. The van der Waals surface area contributed by atoms with E-state index in [0.29, 0.717) is 6.54 Å². The van der Waals surface area contributed by atoms with Crippen LogP contribution < -0.4 is 5.32 Å². The van der Waals surface area contributed by atoms with Crippen molar-refractivity contribution in [1.29, 1.82) is 0 Å². The molecule has 1 amide bonds. The minimum absolute atomic E-state index is 0.169. The van der Waals surface area contributed by atoms with Crippen LogP contribution in [0.3, 0.4) is 0 Å². The lowest BCUT2D eigenvalue weighted by atomic mass is 9.73. The van der Waals surface area contributed by atoms with Crippen LogP contribution in [0.2, 0.25) is 0 Å². The van der Waals surface area contributed by atoms with Crippen molar-refractivity contribution in [1.82, 2.24) is 15.2 Å². The standard InChI is InChI=1S/C25H31N3O/c1-2-13-27-24(29)25(12-5-16-28(19-25)18-20-8-9-20)17-22-6-3-4-7-23(22)21-10-14-26-15-11-21/h2-4,6-7,10-11,14-15,20H,1,5,8-9,12-13,16-19H2,(H,27,29). The van der Waals surface area contributed by atoms with E-state index in [9.17, 15) is 4.79 Å². The Kier molecular flexibility index (Phi) is 6.10. The van der Waals surface area contributed by atoms with Gasteiger partial charge in [-0.1, -0.05) is 30.3 Å². The van der Waals surface area contributed by atoms with E-state index < -0.39 is 0 Å². The summed E-state index contributed by atoms with van der Waals surface area (Å²) in [5, 5.41) is 3.12. The zero-order valence-corrected chi connectivity index (χ0v) is 17.1. The first-order valence-electron chi connectivity index (χ1n) is 10.8. The van der Waals surface area contributed by atoms with Gasteiger partial charge in [0.15, 0.2) is 0 Å². The van der Waals surface area contributed by atoms with Crippen molar-refractivity contribution in [3.05, 3.63) is 67.0 Å². The van der Waals surface area contributed by atoms with Gasteiger partial charge in [-0.05, 0) is 73.4 Å². The second kappa shape index (κ2) is 8.91. The highest BCUT2D eigenvalue weighted by Gasteiger charge is 2.43. The molecule has 1 unspecified atom stereocenters. The van der Waals surface area contributed by atoms with E-state index in [1.54, 1.807) is 6.08 Å². The molecule has 1 saturated carbocycles. The van der Waals surface area contributed by atoms with Crippen molar-refractivity contribution in [2.75, 3.05) is 26.2 Å². The lowest BCUT2D eigenvalue weighted by molar-refractivity contribution is -0.134. The highest BCUT2D eigenvalue weighted by atomic mass is 16.2. The Labute approximate surface area is 174 Å². The number of nitrogens with one attached hydrogen (secondary N) is 1. The Morgan fingerprint density at radius 1 is 1.24 bits per heavy atom. The van der Waals surface area contributed by atoms with Crippen LogP contribution in [0.4, 0.5) is 0 Å². The summed E-state index contributed by atoms with van der Waals surface area (Å²) in [6, 6.07) is 12.6. The van der Waals surface area contributed by atoms with Gasteiger partial charge in [-0.3, -0.25) is 9.78 Å². The smallest absolute Gasteiger partial charge is 0.228 e. The fraction of sp³-hybridized carbons (Fsp3) is 0.440. The molecule has 4 nitrogen and oxygen atoms in total. The van der Waals surface area contributed by atoms with Crippen molar-refractivity contribution in [3.63, 3.8) is 0 Å². The number of hydrogen-bond acceptors (Lipinski definition) is 3. The summed E-state index contributed by atoms with van der Waals surface area (Å²) in [6.07, 6.45) is 10.9. The molecule has 1 aliphatic heterocycles. The monoisotopic (exact) mass is 389 g/mol. The number of likely N-dealkylation sites (tertiary alicyclic amines) is 1. The Morgan fingerprint density at radius 3 is 2.79 bits per heavy atom. The highest BCUT2D eigenvalue weighted by molar-refractivity contribution is 5.84. The van der Waals surface area contributed by atoms with Crippen LogP contribution in [0.1, 0.15) is 31.2 Å². The summed E-state index contributed by atoms with van der Waals surface area (Å²) >= 11 is 0. The maximum atomic E-state index is 13.4. The Bertz CT molecular complexity index is 846. The third-order valence-corrected chi connectivity index (χ3v) is 6.30. The third-order valence-electron chi connectivity index (χ3n) is 6.30. The molecule has 2 aliphatic rings. The molecule has 1 aromatic carbocycles. The summed E-state index contributed by atoms with van der Waals surface area (Å²) in [6.45, 7) is 7.39. The maximum Gasteiger partial charge on any atom is 0.228 e. The molecule has 1 atom stereocenters. The van der Waals surface area contributed by atoms with E-state index in [1.165, 1.54) is 24.0 Å². The van der Waals surface area contributed by atoms with Crippen molar-refractivity contribution in [2.45, 2.75) is 32.1 Å². The van der Waals surface area contributed by atoms with Gasteiger partial charge in [0.05, 0.1) is 5.41 Å². The van der Waals surface area contributed by atoms with Crippen LogP contribution in [0.5, 0.6) is 0 Å². The zero-order chi connectivity index (χ0) is 20.1. The SMILES string of the molecule is C=CCNC(=O)C1(Cc2ccccc2-c2ccncc2)CCCN(CC2CC2)C1. The molecule has 1 N–H and O–H groups in total. The van der Waals surface area contributed by atoms with Gasteiger partial charge in [-0.2, -0.15) is 0 Å². The molecule has 0 bridgehead atoms. The molecule has 2 fully saturated rings. The summed E-state index contributed by atoms with van der Waals surface area (Å²) in [7, 11) is 0. The average Bonchev–Trinajstić information content (AvgIpc) is 3.57. The van der Waals surface area contributed by atoms with E-state index >= 15 is 0 Å². The summed E-state index contributed by atoms with van der Waals surface area (Å²) in [4.78, 5) is 20.1. The van der Waals surface area contributed by atoms with Crippen LogP contribution in [0, 0.1) is 11.3 Å². The highest BCUT2D eigenvalue weighted by Crippen LogP contribution is 2.39. The third kappa shape index (κ3) is 4.76. The number of piperidine rings is 1. The van der Waals surface area contributed by atoms with E-state index in [-0.39, 0.29) is 11.3 Å². The normalized spacial score (nSPS) is 22.2. The summed E-state index contributed by atoms with van der Waals surface area (Å²) in [5.41, 5.74) is 3.20. The van der Waals surface area contributed by atoms with Crippen LogP contribution in [-0.4, -0.2) is 42.0 Å².